The molecule has 4 nitrogen and oxygen atoms in total. The van der Waals surface area contributed by atoms with Gasteiger partial charge in [-0.2, -0.15) is 5.26 Å². The topological polar surface area (TPSA) is 61.2 Å². The van der Waals surface area contributed by atoms with E-state index >= 15 is 0 Å². The molecular weight excluding hydrogens is 240 g/mol. The third-order valence-corrected chi connectivity index (χ3v) is 3.40. The second-order valence-electron chi connectivity index (χ2n) is 5.64. The molecule has 1 aliphatic heterocycles. The van der Waals surface area contributed by atoms with E-state index in [1.165, 1.54) is 4.90 Å². The van der Waals surface area contributed by atoms with Crippen LogP contribution in [0.1, 0.15) is 45.7 Å². The number of carbonyl (C=O) groups excluding carboxylic acids is 2. The number of fused-ring (bicyclic) bond motifs is 1. The Morgan fingerprint density at radius 3 is 1.89 bits per heavy atom. The Labute approximate surface area is 112 Å². The van der Waals surface area contributed by atoms with Gasteiger partial charge in [0.15, 0.2) is 0 Å². The van der Waals surface area contributed by atoms with E-state index in [0.29, 0.717) is 11.1 Å². The average molecular weight is 256 g/mol. The zero-order valence-corrected chi connectivity index (χ0v) is 11.6. The Bertz CT molecular complexity index is 583. The summed E-state index contributed by atoms with van der Waals surface area (Å²) < 4.78 is 0. The third-order valence-electron chi connectivity index (χ3n) is 3.40. The van der Waals surface area contributed by atoms with Gasteiger partial charge >= 0.3 is 0 Å². The number of amides is 2. The Kier molecular flexibility index (Phi) is 2.94. The van der Waals surface area contributed by atoms with Crippen molar-refractivity contribution in [3.05, 3.63) is 34.4 Å². The zero-order chi connectivity index (χ0) is 14.4. The van der Waals surface area contributed by atoms with Crippen LogP contribution in [0.15, 0.2) is 12.1 Å². The summed E-state index contributed by atoms with van der Waals surface area (Å²) >= 11 is 0. The van der Waals surface area contributed by atoms with Crippen molar-refractivity contribution in [2.75, 3.05) is 6.54 Å². The summed E-state index contributed by atoms with van der Waals surface area (Å²) in [5, 5.41) is 9.05. The summed E-state index contributed by atoms with van der Waals surface area (Å²) in [6, 6.07) is 5.81. The SMILES string of the molecule is Cc1ccc(C)c2c1C(=O)N(CC(C)(C)C#N)C2=O. The monoisotopic (exact) mass is 256 g/mol. The minimum atomic E-state index is -0.741. The van der Waals surface area contributed by atoms with Crippen LogP contribution in [0.4, 0.5) is 0 Å². The number of nitrogens with zero attached hydrogens (tertiary/aromatic N) is 2. The molecule has 1 aromatic rings. The molecule has 98 valence electrons. The van der Waals surface area contributed by atoms with Gasteiger partial charge in [-0.25, -0.2) is 0 Å². The number of imide groups is 1. The lowest BCUT2D eigenvalue weighted by Gasteiger charge is -2.22. The zero-order valence-electron chi connectivity index (χ0n) is 11.6. The second-order valence-corrected chi connectivity index (χ2v) is 5.64. The first-order valence-electron chi connectivity index (χ1n) is 6.16. The van der Waals surface area contributed by atoms with Gasteiger partial charge in [0.1, 0.15) is 0 Å². The van der Waals surface area contributed by atoms with Crippen molar-refractivity contribution in [3.63, 3.8) is 0 Å². The molecule has 1 aromatic carbocycles. The second kappa shape index (κ2) is 4.20. The summed E-state index contributed by atoms with van der Waals surface area (Å²) in [4.78, 5) is 25.9. The molecule has 0 unspecified atom stereocenters. The molecule has 0 bridgehead atoms. The highest BCUT2D eigenvalue weighted by Gasteiger charge is 2.40. The molecule has 0 saturated heterocycles. The highest BCUT2D eigenvalue weighted by Crippen LogP contribution is 2.30. The van der Waals surface area contributed by atoms with Crippen molar-refractivity contribution in [1.82, 2.24) is 4.90 Å². The molecule has 0 aromatic heterocycles. The van der Waals surface area contributed by atoms with Gasteiger partial charge in [-0.3, -0.25) is 14.5 Å². The molecule has 4 heteroatoms. The van der Waals surface area contributed by atoms with E-state index in [2.05, 4.69) is 6.07 Å². The predicted molar refractivity (Wildman–Crippen MR) is 70.7 cm³/mol. The van der Waals surface area contributed by atoms with E-state index in [1.54, 1.807) is 13.8 Å². The van der Waals surface area contributed by atoms with E-state index in [4.69, 9.17) is 5.26 Å². The molecule has 2 amide bonds. The summed E-state index contributed by atoms with van der Waals surface area (Å²) in [5.41, 5.74) is 1.83. The first-order chi connectivity index (χ1) is 8.78. The minimum Gasteiger partial charge on any atom is -0.273 e. The fourth-order valence-electron chi connectivity index (χ4n) is 2.30. The van der Waals surface area contributed by atoms with E-state index in [9.17, 15) is 9.59 Å². The molecule has 0 N–H and O–H groups in total. The van der Waals surface area contributed by atoms with Crippen LogP contribution in [0.5, 0.6) is 0 Å². The molecule has 19 heavy (non-hydrogen) atoms. The maximum atomic E-state index is 12.4. The van der Waals surface area contributed by atoms with Crippen LogP contribution in [0, 0.1) is 30.6 Å². The molecule has 0 atom stereocenters. The van der Waals surface area contributed by atoms with Gasteiger partial charge in [0, 0.05) is 6.54 Å². The van der Waals surface area contributed by atoms with Crippen molar-refractivity contribution >= 4 is 11.8 Å². The lowest BCUT2D eigenvalue weighted by molar-refractivity contribution is 0.0616. The molecule has 0 saturated carbocycles. The Morgan fingerprint density at radius 2 is 1.53 bits per heavy atom. The van der Waals surface area contributed by atoms with Crippen molar-refractivity contribution in [3.8, 4) is 6.07 Å². The molecule has 0 aliphatic carbocycles. The Hall–Kier alpha value is -2.15. The first kappa shape index (κ1) is 13.3. The smallest absolute Gasteiger partial charge is 0.261 e. The maximum Gasteiger partial charge on any atom is 0.261 e. The number of rotatable bonds is 2. The van der Waals surface area contributed by atoms with Gasteiger partial charge in [0.25, 0.3) is 11.8 Å². The highest BCUT2D eigenvalue weighted by molar-refractivity contribution is 6.22. The number of nitriles is 1. The lowest BCUT2D eigenvalue weighted by atomic mass is 9.95. The standard InChI is InChI=1S/C15H16N2O2/c1-9-5-6-10(2)12-11(9)13(18)17(14(12)19)8-15(3,4)7-16/h5-6H,8H2,1-4H3. The van der Waals surface area contributed by atoms with Crippen LogP contribution in [-0.4, -0.2) is 23.3 Å². The van der Waals surface area contributed by atoms with Crippen LogP contribution in [0.3, 0.4) is 0 Å². The van der Waals surface area contributed by atoms with Crippen LogP contribution in [0.25, 0.3) is 0 Å². The number of hydrogen-bond acceptors (Lipinski definition) is 3. The fourth-order valence-corrected chi connectivity index (χ4v) is 2.30. The molecule has 0 fully saturated rings. The predicted octanol–water partition coefficient (Wildman–Crippen LogP) is 2.45. The molecule has 0 spiro atoms. The van der Waals surface area contributed by atoms with Gasteiger partial charge in [-0.05, 0) is 38.8 Å². The van der Waals surface area contributed by atoms with Gasteiger partial charge in [0.2, 0.25) is 0 Å². The fraction of sp³-hybridized carbons (Fsp3) is 0.400. The number of benzene rings is 1. The third kappa shape index (κ3) is 2.01. The first-order valence-corrected chi connectivity index (χ1v) is 6.16. The lowest BCUT2D eigenvalue weighted by Crippen LogP contribution is -2.37. The van der Waals surface area contributed by atoms with Crippen molar-refractivity contribution in [1.29, 1.82) is 5.26 Å². The Balaban J connectivity index is 2.49. The van der Waals surface area contributed by atoms with E-state index < -0.39 is 5.41 Å². The Morgan fingerprint density at radius 1 is 1.11 bits per heavy atom. The molecular formula is C15H16N2O2. The number of hydrogen-bond donors (Lipinski definition) is 0. The largest absolute Gasteiger partial charge is 0.273 e. The van der Waals surface area contributed by atoms with E-state index in [-0.39, 0.29) is 18.4 Å². The van der Waals surface area contributed by atoms with Crippen molar-refractivity contribution in [2.45, 2.75) is 27.7 Å². The molecule has 0 radical (unpaired) electrons. The maximum absolute atomic E-state index is 12.4. The highest BCUT2D eigenvalue weighted by atomic mass is 16.2. The van der Waals surface area contributed by atoms with Crippen molar-refractivity contribution in [2.24, 2.45) is 5.41 Å². The summed E-state index contributed by atoms with van der Waals surface area (Å²) in [6.45, 7) is 7.20. The van der Waals surface area contributed by atoms with Crippen LogP contribution < -0.4 is 0 Å². The van der Waals surface area contributed by atoms with Gasteiger partial charge in [-0.15, -0.1) is 0 Å². The van der Waals surface area contributed by atoms with Gasteiger partial charge in [-0.1, -0.05) is 12.1 Å². The van der Waals surface area contributed by atoms with E-state index in [0.717, 1.165) is 11.1 Å². The van der Waals surface area contributed by atoms with E-state index in [1.807, 2.05) is 26.0 Å². The normalized spacial score (nSPS) is 14.6. The van der Waals surface area contributed by atoms with Gasteiger partial charge in [0.05, 0.1) is 22.6 Å². The van der Waals surface area contributed by atoms with Crippen LogP contribution in [-0.2, 0) is 0 Å². The number of carbonyl (C=O) groups is 2. The average Bonchev–Trinajstić information content (AvgIpc) is 2.59. The molecule has 1 heterocycles. The summed E-state index contributed by atoms with van der Waals surface area (Å²) in [7, 11) is 0. The summed E-state index contributed by atoms with van der Waals surface area (Å²) in [6.07, 6.45) is 0. The summed E-state index contributed by atoms with van der Waals surface area (Å²) in [5.74, 6) is -0.575. The molecule has 1 aliphatic rings. The number of aryl methyl sites for hydroxylation is 2. The van der Waals surface area contributed by atoms with Crippen molar-refractivity contribution < 1.29 is 9.59 Å². The molecule has 2 rings (SSSR count). The van der Waals surface area contributed by atoms with Crippen LogP contribution in [0.2, 0.25) is 0 Å². The van der Waals surface area contributed by atoms with Crippen LogP contribution >= 0.6 is 0 Å². The van der Waals surface area contributed by atoms with Gasteiger partial charge < -0.3 is 0 Å². The minimum absolute atomic E-state index is 0.120. The quantitative estimate of drug-likeness (QED) is 0.763.